The first-order valence-corrected chi connectivity index (χ1v) is 9.30. The van der Waals surface area contributed by atoms with Gasteiger partial charge >= 0.3 is 6.18 Å². The number of aromatic nitrogens is 2. The van der Waals surface area contributed by atoms with Crippen LogP contribution in [0.25, 0.3) is 0 Å². The fourth-order valence-electron chi connectivity index (χ4n) is 2.94. The van der Waals surface area contributed by atoms with Crippen molar-refractivity contribution in [1.82, 2.24) is 9.97 Å². The van der Waals surface area contributed by atoms with Crippen LogP contribution in [0.15, 0.2) is 48.8 Å². The van der Waals surface area contributed by atoms with E-state index in [2.05, 4.69) is 20.6 Å². The van der Waals surface area contributed by atoms with Gasteiger partial charge in [-0.3, -0.25) is 4.79 Å². The van der Waals surface area contributed by atoms with Crippen molar-refractivity contribution in [3.05, 3.63) is 65.5 Å². The van der Waals surface area contributed by atoms with Crippen molar-refractivity contribution >= 4 is 17.4 Å². The molecule has 1 amide bonds. The van der Waals surface area contributed by atoms with Gasteiger partial charge in [-0.15, -0.1) is 0 Å². The number of anilines is 2. The van der Waals surface area contributed by atoms with E-state index in [9.17, 15) is 18.0 Å². The highest BCUT2D eigenvalue weighted by Crippen LogP contribution is 2.37. The standard InChI is InChI=1S/C21H17F3N4O3/c1-12-5-6-13(19(29)28-15-4-2-3-14(10-15)21(22,23)24)9-16(12)31-20-17-18(26-11-27-20)25-7-8-30-17/h2-6,9-11H,7-8H2,1H3,(H,28,29)(H,25,26,27). The van der Waals surface area contributed by atoms with Crippen LogP contribution in [0.4, 0.5) is 24.7 Å². The predicted molar refractivity (Wildman–Crippen MR) is 107 cm³/mol. The van der Waals surface area contributed by atoms with Crippen LogP contribution < -0.4 is 20.1 Å². The molecule has 1 aliphatic heterocycles. The lowest BCUT2D eigenvalue weighted by atomic mass is 10.1. The third-order valence-corrected chi connectivity index (χ3v) is 4.52. The van der Waals surface area contributed by atoms with Crippen LogP contribution in [0.3, 0.4) is 0 Å². The molecule has 0 spiro atoms. The molecule has 4 rings (SSSR count). The second kappa shape index (κ2) is 8.13. The van der Waals surface area contributed by atoms with Crippen molar-refractivity contribution in [2.45, 2.75) is 13.1 Å². The molecule has 7 nitrogen and oxygen atoms in total. The second-order valence-corrected chi connectivity index (χ2v) is 6.75. The van der Waals surface area contributed by atoms with Gasteiger partial charge in [0.25, 0.3) is 11.8 Å². The number of hydrogen-bond donors (Lipinski definition) is 2. The molecular weight excluding hydrogens is 413 g/mol. The molecule has 2 aromatic carbocycles. The monoisotopic (exact) mass is 430 g/mol. The van der Waals surface area contributed by atoms with Crippen molar-refractivity contribution in [2.75, 3.05) is 23.8 Å². The van der Waals surface area contributed by atoms with Crippen LogP contribution in [-0.4, -0.2) is 29.0 Å². The summed E-state index contributed by atoms with van der Waals surface area (Å²) in [6.07, 6.45) is -3.17. The highest BCUT2D eigenvalue weighted by atomic mass is 19.4. The largest absolute Gasteiger partial charge is 0.483 e. The number of fused-ring (bicyclic) bond motifs is 1. The van der Waals surface area contributed by atoms with E-state index in [0.29, 0.717) is 30.5 Å². The number of benzene rings is 2. The minimum absolute atomic E-state index is 0.0345. The van der Waals surface area contributed by atoms with E-state index in [0.717, 1.165) is 17.7 Å². The van der Waals surface area contributed by atoms with Gasteiger partial charge in [0.2, 0.25) is 5.75 Å². The zero-order valence-corrected chi connectivity index (χ0v) is 16.3. The summed E-state index contributed by atoms with van der Waals surface area (Å²) >= 11 is 0. The molecule has 1 aromatic heterocycles. The number of carbonyl (C=O) groups is 1. The first kappa shape index (κ1) is 20.5. The molecule has 0 saturated heterocycles. The Morgan fingerprint density at radius 2 is 2.03 bits per heavy atom. The van der Waals surface area contributed by atoms with Crippen molar-refractivity contribution < 1.29 is 27.4 Å². The Morgan fingerprint density at radius 1 is 1.19 bits per heavy atom. The molecule has 0 atom stereocenters. The smallest absolute Gasteiger partial charge is 0.416 e. The van der Waals surface area contributed by atoms with E-state index in [1.54, 1.807) is 19.1 Å². The molecule has 3 aromatic rings. The maximum absolute atomic E-state index is 12.9. The molecule has 0 radical (unpaired) electrons. The summed E-state index contributed by atoms with van der Waals surface area (Å²) in [7, 11) is 0. The number of alkyl halides is 3. The molecular formula is C21H17F3N4O3. The molecule has 2 heterocycles. The first-order valence-electron chi connectivity index (χ1n) is 9.30. The average molecular weight is 430 g/mol. The summed E-state index contributed by atoms with van der Waals surface area (Å²) < 4.78 is 50.1. The molecule has 10 heteroatoms. The fraction of sp³-hybridized carbons (Fsp3) is 0.190. The number of rotatable bonds is 4. The Morgan fingerprint density at radius 3 is 2.84 bits per heavy atom. The van der Waals surface area contributed by atoms with Crippen LogP contribution in [0.2, 0.25) is 0 Å². The lowest BCUT2D eigenvalue weighted by Crippen LogP contribution is -2.19. The topological polar surface area (TPSA) is 85.4 Å². The molecule has 0 fully saturated rings. The SMILES string of the molecule is Cc1ccc(C(=O)Nc2cccc(C(F)(F)F)c2)cc1Oc1ncnc2c1OCCN2. The first-order chi connectivity index (χ1) is 14.8. The predicted octanol–water partition coefficient (Wildman–Crippen LogP) is 4.65. The third kappa shape index (κ3) is 4.52. The lowest BCUT2D eigenvalue weighted by Gasteiger charge is -2.20. The van der Waals surface area contributed by atoms with Crippen molar-refractivity contribution in [1.29, 1.82) is 0 Å². The summed E-state index contributed by atoms with van der Waals surface area (Å²) in [5.41, 5.74) is 0.124. The average Bonchev–Trinajstić information content (AvgIpc) is 2.75. The van der Waals surface area contributed by atoms with Crippen LogP contribution in [0, 0.1) is 6.92 Å². The Labute approximate surface area is 175 Å². The number of carbonyl (C=O) groups excluding carboxylic acids is 1. The minimum Gasteiger partial charge on any atom is -0.483 e. The quantitative estimate of drug-likeness (QED) is 0.627. The van der Waals surface area contributed by atoms with E-state index in [1.165, 1.54) is 24.5 Å². The summed E-state index contributed by atoms with van der Waals surface area (Å²) in [6.45, 7) is 2.82. The highest BCUT2D eigenvalue weighted by Gasteiger charge is 2.30. The summed E-state index contributed by atoms with van der Waals surface area (Å²) in [4.78, 5) is 20.8. The van der Waals surface area contributed by atoms with E-state index >= 15 is 0 Å². The number of amides is 1. The van der Waals surface area contributed by atoms with Gasteiger partial charge in [-0.25, -0.2) is 4.98 Å². The Kier molecular flexibility index (Phi) is 5.37. The third-order valence-electron chi connectivity index (χ3n) is 4.52. The van der Waals surface area contributed by atoms with Gasteiger partial charge in [-0.05, 0) is 42.8 Å². The summed E-state index contributed by atoms with van der Waals surface area (Å²) in [6, 6.07) is 9.14. The van der Waals surface area contributed by atoms with E-state index in [-0.39, 0.29) is 17.1 Å². The van der Waals surface area contributed by atoms with Gasteiger partial charge in [-0.2, -0.15) is 18.2 Å². The summed E-state index contributed by atoms with van der Waals surface area (Å²) in [5.74, 6) is 0.841. The Bertz CT molecular complexity index is 1140. The molecule has 160 valence electrons. The Balaban J connectivity index is 1.56. The number of halogens is 3. The minimum atomic E-state index is -4.50. The molecule has 2 N–H and O–H groups in total. The van der Waals surface area contributed by atoms with Crippen molar-refractivity contribution in [3.63, 3.8) is 0 Å². The number of nitrogens with one attached hydrogen (secondary N) is 2. The van der Waals surface area contributed by atoms with Crippen molar-refractivity contribution in [3.8, 4) is 17.4 Å². The molecule has 0 aliphatic carbocycles. The van der Waals surface area contributed by atoms with Crippen LogP contribution in [0.5, 0.6) is 17.4 Å². The highest BCUT2D eigenvalue weighted by molar-refractivity contribution is 6.04. The van der Waals surface area contributed by atoms with Gasteiger partial charge in [0, 0.05) is 11.3 Å². The van der Waals surface area contributed by atoms with Gasteiger partial charge in [0.05, 0.1) is 12.1 Å². The Hall–Kier alpha value is -3.82. The maximum atomic E-state index is 12.9. The van der Waals surface area contributed by atoms with E-state index < -0.39 is 17.6 Å². The van der Waals surface area contributed by atoms with E-state index in [4.69, 9.17) is 9.47 Å². The van der Waals surface area contributed by atoms with E-state index in [1.807, 2.05) is 0 Å². The molecule has 31 heavy (non-hydrogen) atoms. The van der Waals surface area contributed by atoms with Gasteiger partial charge in [-0.1, -0.05) is 12.1 Å². The fourth-order valence-corrected chi connectivity index (χ4v) is 2.94. The molecule has 0 unspecified atom stereocenters. The van der Waals surface area contributed by atoms with Crippen LogP contribution >= 0.6 is 0 Å². The lowest BCUT2D eigenvalue weighted by molar-refractivity contribution is -0.137. The zero-order valence-electron chi connectivity index (χ0n) is 16.3. The second-order valence-electron chi connectivity index (χ2n) is 6.75. The molecule has 1 aliphatic rings. The van der Waals surface area contributed by atoms with Crippen LogP contribution in [-0.2, 0) is 6.18 Å². The van der Waals surface area contributed by atoms with Crippen LogP contribution in [0.1, 0.15) is 21.5 Å². The number of aryl methyl sites for hydroxylation is 1. The summed E-state index contributed by atoms with van der Waals surface area (Å²) in [5, 5.41) is 5.55. The molecule has 0 saturated carbocycles. The number of nitrogens with zero attached hydrogens (tertiary/aromatic N) is 2. The normalized spacial score (nSPS) is 12.9. The molecule has 0 bridgehead atoms. The maximum Gasteiger partial charge on any atom is 0.416 e. The number of hydrogen-bond acceptors (Lipinski definition) is 6. The van der Waals surface area contributed by atoms with Gasteiger partial charge in [0.15, 0.2) is 5.82 Å². The van der Waals surface area contributed by atoms with Gasteiger partial charge < -0.3 is 20.1 Å². The zero-order chi connectivity index (χ0) is 22.0. The van der Waals surface area contributed by atoms with Gasteiger partial charge in [0.1, 0.15) is 18.7 Å². The van der Waals surface area contributed by atoms with Crippen molar-refractivity contribution in [2.24, 2.45) is 0 Å². The number of ether oxygens (including phenoxy) is 2.